The van der Waals surface area contributed by atoms with Crippen LogP contribution in [0.25, 0.3) is 0 Å². The summed E-state index contributed by atoms with van der Waals surface area (Å²) in [5.74, 6) is -0.803. The van der Waals surface area contributed by atoms with Gasteiger partial charge in [0.05, 0.1) is 11.5 Å². The molecule has 1 amide bonds. The van der Waals surface area contributed by atoms with E-state index in [0.29, 0.717) is 5.69 Å². The number of nitrogens with one attached hydrogen (secondary N) is 1. The molecule has 154 valence electrons. The topological polar surface area (TPSA) is 113 Å². The lowest BCUT2D eigenvalue weighted by Crippen LogP contribution is -2.50. The van der Waals surface area contributed by atoms with Crippen molar-refractivity contribution in [2.24, 2.45) is 0 Å². The van der Waals surface area contributed by atoms with Gasteiger partial charge < -0.3 is 5.32 Å². The maximum absolute atomic E-state index is 13.2. The Bertz CT molecular complexity index is 1020. The van der Waals surface area contributed by atoms with Crippen LogP contribution in [0, 0.1) is 15.9 Å². The molecule has 2 aromatic rings. The number of carbonyl (C=O) groups is 1. The Morgan fingerprint density at radius 3 is 2.45 bits per heavy atom. The fourth-order valence-electron chi connectivity index (χ4n) is 3.06. The number of carbonyl (C=O) groups excluding carboxylic acids is 1. The summed E-state index contributed by atoms with van der Waals surface area (Å²) in [7, 11) is -4.02. The molecule has 0 aliphatic carbocycles. The Morgan fingerprint density at radius 2 is 1.79 bits per heavy atom. The Balaban J connectivity index is 1.60. The summed E-state index contributed by atoms with van der Waals surface area (Å²) in [5.41, 5.74) is -0.128. The van der Waals surface area contributed by atoms with Crippen LogP contribution in [0.1, 0.15) is 0 Å². The first-order chi connectivity index (χ1) is 13.8. The van der Waals surface area contributed by atoms with Gasteiger partial charge in [-0.25, -0.2) is 12.8 Å². The second kappa shape index (κ2) is 8.64. The third-order valence-electron chi connectivity index (χ3n) is 4.49. The number of rotatable bonds is 6. The van der Waals surface area contributed by atoms with Gasteiger partial charge in [0.2, 0.25) is 15.9 Å². The van der Waals surface area contributed by atoms with Gasteiger partial charge in [-0.1, -0.05) is 18.2 Å². The fourth-order valence-corrected chi connectivity index (χ4v) is 4.64. The Hall–Kier alpha value is -2.89. The molecule has 11 heteroatoms. The molecule has 0 aromatic heterocycles. The normalized spacial score (nSPS) is 15.8. The first-order valence-electron chi connectivity index (χ1n) is 8.79. The first-order valence-corrected chi connectivity index (χ1v) is 10.2. The number of piperazine rings is 1. The summed E-state index contributed by atoms with van der Waals surface area (Å²) in [6, 6.07) is 10.7. The monoisotopic (exact) mass is 422 g/mol. The summed E-state index contributed by atoms with van der Waals surface area (Å²) in [6.07, 6.45) is 0. The van der Waals surface area contributed by atoms with Gasteiger partial charge in [-0.05, 0) is 24.3 Å². The molecule has 0 radical (unpaired) electrons. The van der Waals surface area contributed by atoms with E-state index in [9.17, 15) is 27.7 Å². The third kappa shape index (κ3) is 4.94. The van der Waals surface area contributed by atoms with Crippen LogP contribution >= 0.6 is 0 Å². The summed E-state index contributed by atoms with van der Waals surface area (Å²) in [5, 5.41) is 13.7. The molecule has 0 atom stereocenters. The number of hydrogen-bond acceptors (Lipinski definition) is 6. The number of nitro benzene ring substituents is 1. The first kappa shape index (κ1) is 20.8. The zero-order valence-electron chi connectivity index (χ0n) is 15.3. The number of hydrogen-bond donors (Lipinski definition) is 1. The average molecular weight is 422 g/mol. The van der Waals surface area contributed by atoms with Crippen molar-refractivity contribution in [2.45, 2.75) is 4.90 Å². The number of sulfonamides is 1. The van der Waals surface area contributed by atoms with E-state index >= 15 is 0 Å². The predicted octanol–water partition coefficient (Wildman–Crippen LogP) is 1.68. The Labute approximate surface area is 166 Å². The lowest BCUT2D eigenvalue weighted by Gasteiger charge is -2.33. The van der Waals surface area contributed by atoms with E-state index in [4.69, 9.17) is 0 Å². The summed E-state index contributed by atoms with van der Waals surface area (Å²) < 4.78 is 40.0. The van der Waals surface area contributed by atoms with E-state index in [1.54, 1.807) is 11.0 Å². The molecule has 1 aliphatic rings. The summed E-state index contributed by atoms with van der Waals surface area (Å²) in [4.78, 5) is 24.0. The lowest BCUT2D eigenvalue weighted by molar-refractivity contribution is -0.387. The van der Waals surface area contributed by atoms with Gasteiger partial charge in [0.25, 0.3) is 5.69 Å². The van der Waals surface area contributed by atoms with Crippen molar-refractivity contribution < 1.29 is 22.5 Å². The lowest BCUT2D eigenvalue weighted by atomic mass is 10.3. The molecule has 0 bridgehead atoms. The van der Waals surface area contributed by atoms with Crippen LogP contribution in [-0.4, -0.2) is 61.2 Å². The van der Waals surface area contributed by atoms with Gasteiger partial charge in [0.15, 0.2) is 4.90 Å². The van der Waals surface area contributed by atoms with Crippen molar-refractivity contribution in [1.82, 2.24) is 9.21 Å². The fraction of sp³-hybridized carbons (Fsp3) is 0.278. The molecular formula is C18H19FN4O5S. The molecule has 1 N–H and O–H groups in total. The zero-order chi connectivity index (χ0) is 21.0. The summed E-state index contributed by atoms with van der Waals surface area (Å²) >= 11 is 0. The highest BCUT2D eigenvalue weighted by atomic mass is 32.2. The number of para-hydroxylation sites is 1. The van der Waals surface area contributed by atoms with Gasteiger partial charge in [-0.2, -0.15) is 4.31 Å². The van der Waals surface area contributed by atoms with E-state index in [-0.39, 0.29) is 43.5 Å². The Kier molecular flexibility index (Phi) is 6.20. The summed E-state index contributed by atoms with van der Waals surface area (Å²) in [6.45, 7) is 0.798. The van der Waals surface area contributed by atoms with E-state index < -0.39 is 26.5 Å². The molecule has 1 aliphatic heterocycles. The second-order valence-electron chi connectivity index (χ2n) is 6.46. The van der Waals surface area contributed by atoms with Crippen LogP contribution in [0.15, 0.2) is 53.4 Å². The molecule has 2 aromatic carbocycles. The van der Waals surface area contributed by atoms with E-state index in [1.165, 1.54) is 40.7 Å². The van der Waals surface area contributed by atoms with E-state index in [0.717, 1.165) is 6.07 Å². The largest absolute Gasteiger partial charge is 0.325 e. The van der Waals surface area contributed by atoms with Gasteiger partial charge in [0, 0.05) is 37.9 Å². The minimum atomic E-state index is -4.02. The minimum Gasteiger partial charge on any atom is -0.325 e. The molecule has 0 saturated carbocycles. The highest BCUT2D eigenvalue weighted by molar-refractivity contribution is 7.89. The van der Waals surface area contributed by atoms with Crippen molar-refractivity contribution in [1.29, 1.82) is 0 Å². The van der Waals surface area contributed by atoms with Crippen LogP contribution < -0.4 is 5.32 Å². The van der Waals surface area contributed by atoms with Gasteiger partial charge >= 0.3 is 0 Å². The maximum Gasteiger partial charge on any atom is 0.289 e. The van der Waals surface area contributed by atoms with E-state index in [1.807, 2.05) is 0 Å². The Morgan fingerprint density at radius 1 is 1.10 bits per heavy atom. The quantitative estimate of drug-likeness (QED) is 0.560. The third-order valence-corrected chi connectivity index (χ3v) is 6.43. The van der Waals surface area contributed by atoms with Crippen LogP contribution in [-0.2, 0) is 14.8 Å². The zero-order valence-corrected chi connectivity index (χ0v) is 16.1. The minimum absolute atomic E-state index is 0.0237. The average Bonchev–Trinajstić information content (AvgIpc) is 2.68. The number of halogens is 1. The predicted molar refractivity (Wildman–Crippen MR) is 103 cm³/mol. The second-order valence-corrected chi connectivity index (χ2v) is 8.37. The van der Waals surface area contributed by atoms with Crippen molar-refractivity contribution in [3.8, 4) is 0 Å². The number of nitrogens with zero attached hydrogens (tertiary/aromatic N) is 3. The molecule has 0 spiro atoms. The van der Waals surface area contributed by atoms with E-state index in [2.05, 4.69) is 5.32 Å². The van der Waals surface area contributed by atoms with Crippen LogP contribution in [0.5, 0.6) is 0 Å². The van der Waals surface area contributed by atoms with Gasteiger partial charge in [-0.15, -0.1) is 0 Å². The van der Waals surface area contributed by atoms with Crippen LogP contribution in [0.3, 0.4) is 0 Å². The van der Waals surface area contributed by atoms with Gasteiger partial charge in [0.1, 0.15) is 5.82 Å². The van der Waals surface area contributed by atoms with Crippen LogP contribution in [0.2, 0.25) is 0 Å². The SMILES string of the molecule is O=C(CN1CCN(S(=O)(=O)c2ccccc2[N+](=O)[O-])CC1)Nc1cccc(F)c1. The standard InChI is InChI=1S/C18H19FN4O5S/c19-14-4-3-5-15(12-14)20-18(24)13-21-8-10-22(11-9-21)29(27,28)17-7-2-1-6-16(17)23(25)26/h1-7,12H,8-11,13H2,(H,20,24). The van der Waals surface area contributed by atoms with Crippen molar-refractivity contribution in [2.75, 3.05) is 38.0 Å². The van der Waals surface area contributed by atoms with Crippen LogP contribution in [0.4, 0.5) is 15.8 Å². The maximum atomic E-state index is 13.2. The molecule has 1 saturated heterocycles. The smallest absolute Gasteiger partial charge is 0.289 e. The number of anilines is 1. The molecule has 29 heavy (non-hydrogen) atoms. The molecule has 0 unspecified atom stereocenters. The molecule has 9 nitrogen and oxygen atoms in total. The van der Waals surface area contributed by atoms with Gasteiger partial charge in [-0.3, -0.25) is 19.8 Å². The highest BCUT2D eigenvalue weighted by Gasteiger charge is 2.33. The molecular weight excluding hydrogens is 403 g/mol. The highest BCUT2D eigenvalue weighted by Crippen LogP contribution is 2.26. The number of benzene rings is 2. The van der Waals surface area contributed by atoms with Crippen molar-refractivity contribution in [3.63, 3.8) is 0 Å². The number of nitro groups is 1. The van der Waals surface area contributed by atoms with Crippen molar-refractivity contribution in [3.05, 3.63) is 64.5 Å². The molecule has 1 heterocycles. The molecule has 3 rings (SSSR count). The number of amides is 1. The molecule has 1 fully saturated rings. The van der Waals surface area contributed by atoms with Crippen molar-refractivity contribution >= 4 is 27.3 Å².